The number of fused-ring (bicyclic) bond motifs is 1. The Morgan fingerprint density at radius 3 is 2.84 bits per heavy atom. The molecule has 0 saturated heterocycles. The molecular weight excluding hydrogens is 314 g/mol. The molecule has 128 valence electrons. The van der Waals surface area contributed by atoms with E-state index in [2.05, 4.69) is 27.2 Å². The molecule has 0 aliphatic carbocycles. The van der Waals surface area contributed by atoms with Gasteiger partial charge in [0, 0.05) is 29.2 Å². The molecule has 0 unspecified atom stereocenters. The second kappa shape index (κ2) is 7.21. The number of methoxy groups -OCH3 is 1. The molecule has 0 bridgehead atoms. The highest BCUT2D eigenvalue weighted by atomic mass is 16.5. The number of carbonyl (C=O) groups is 1. The molecule has 1 heterocycles. The maximum Gasteiger partial charge on any atom is 0.244 e. The quantitative estimate of drug-likeness (QED) is 0.575. The van der Waals surface area contributed by atoms with E-state index >= 15 is 0 Å². The maximum absolute atomic E-state index is 12.1. The first-order valence-electron chi connectivity index (χ1n) is 8.09. The number of benzene rings is 2. The molecule has 25 heavy (non-hydrogen) atoms. The van der Waals surface area contributed by atoms with E-state index in [-0.39, 0.29) is 12.3 Å². The predicted molar refractivity (Wildman–Crippen MR) is 100 cm³/mol. The summed E-state index contributed by atoms with van der Waals surface area (Å²) in [6, 6.07) is 15.6. The van der Waals surface area contributed by atoms with Crippen LogP contribution in [0.3, 0.4) is 0 Å². The number of nitrogens with one attached hydrogen (secondary N) is 1. The standard InChI is InChI=1S/C20H21N3O2/c1-14-18(17-9-4-5-10-19(17)23(14)2)13-21-22-20(24)12-15-7-6-8-16(11-15)25-3/h4-11,13H,12H2,1-3H3,(H,22,24)/b21-13-. The van der Waals surface area contributed by atoms with E-state index in [9.17, 15) is 4.79 Å². The Balaban J connectivity index is 1.71. The predicted octanol–water partition coefficient (Wildman–Crippen LogP) is 3.19. The zero-order chi connectivity index (χ0) is 17.8. The molecule has 1 N–H and O–H groups in total. The fourth-order valence-corrected chi connectivity index (χ4v) is 2.89. The summed E-state index contributed by atoms with van der Waals surface area (Å²) in [5.41, 5.74) is 6.74. The van der Waals surface area contributed by atoms with Crippen molar-refractivity contribution in [3.63, 3.8) is 0 Å². The van der Waals surface area contributed by atoms with Crippen molar-refractivity contribution in [3.05, 3.63) is 65.4 Å². The first kappa shape index (κ1) is 16.8. The summed E-state index contributed by atoms with van der Waals surface area (Å²) >= 11 is 0. The van der Waals surface area contributed by atoms with Gasteiger partial charge in [0.1, 0.15) is 5.75 Å². The van der Waals surface area contributed by atoms with Crippen LogP contribution in [0.15, 0.2) is 53.6 Å². The van der Waals surface area contributed by atoms with Crippen LogP contribution < -0.4 is 10.2 Å². The van der Waals surface area contributed by atoms with E-state index in [1.165, 1.54) is 0 Å². The molecule has 3 aromatic rings. The topological polar surface area (TPSA) is 55.6 Å². The monoisotopic (exact) mass is 335 g/mol. The highest BCUT2D eigenvalue weighted by Gasteiger charge is 2.09. The lowest BCUT2D eigenvalue weighted by molar-refractivity contribution is -0.120. The fraction of sp³-hybridized carbons (Fsp3) is 0.200. The average Bonchev–Trinajstić information content (AvgIpc) is 2.87. The van der Waals surface area contributed by atoms with Crippen molar-refractivity contribution in [2.75, 3.05) is 7.11 Å². The summed E-state index contributed by atoms with van der Waals surface area (Å²) in [5.74, 6) is 0.572. The van der Waals surface area contributed by atoms with Crippen LogP contribution in [0, 0.1) is 6.92 Å². The molecule has 1 aromatic heterocycles. The summed E-state index contributed by atoms with van der Waals surface area (Å²) < 4.78 is 7.29. The fourth-order valence-electron chi connectivity index (χ4n) is 2.89. The minimum absolute atomic E-state index is 0.164. The Hall–Kier alpha value is -3.08. The lowest BCUT2D eigenvalue weighted by Crippen LogP contribution is -2.19. The van der Waals surface area contributed by atoms with Gasteiger partial charge in [0.25, 0.3) is 0 Å². The van der Waals surface area contributed by atoms with Gasteiger partial charge in [-0.3, -0.25) is 4.79 Å². The van der Waals surface area contributed by atoms with Crippen molar-refractivity contribution >= 4 is 23.0 Å². The summed E-state index contributed by atoms with van der Waals surface area (Å²) in [4.78, 5) is 12.1. The Morgan fingerprint density at radius 1 is 1.24 bits per heavy atom. The molecule has 1 amide bonds. The van der Waals surface area contributed by atoms with Crippen molar-refractivity contribution < 1.29 is 9.53 Å². The molecule has 0 fully saturated rings. The summed E-state index contributed by atoms with van der Waals surface area (Å²) in [6.07, 6.45) is 1.96. The molecule has 0 radical (unpaired) electrons. The third-order valence-electron chi connectivity index (χ3n) is 4.33. The Kier molecular flexibility index (Phi) is 4.84. The number of aromatic nitrogens is 1. The van der Waals surface area contributed by atoms with Gasteiger partial charge in [-0.15, -0.1) is 0 Å². The zero-order valence-electron chi connectivity index (χ0n) is 14.6. The van der Waals surface area contributed by atoms with Gasteiger partial charge in [-0.05, 0) is 30.7 Å². The zero-order valence-corrected chi connectivity index (χ0v) is 14.6. The summed E-state index contributed by atoms with van der Waals surface area (Å²) in [5, 5.41) is 5.25. The SMILES string of the molecule is COc1cccc(CC(=O)N/N=C\c2c(C)n(C)c3ccccc23)c1. The molecular formula is C20H21N3O2. The highest BCUT2D eigenvalue weighted by molar-refractivity contribution is 6.01. The molecule has 0 atom stereocenters. The van der Waals surface area contributed by atoms with Gasteiger partial charge in [0.15, 0.2) is 0 Å². The Morgan fingerprint density at radius 2 is 2.04 bits per heavy atom. The maximum atomic E-state index is 12.1. The number of hydrazone groups is 1. The normalized spacial score (nSPS) is 11.2. The number of rotatable bonds is 5. The van der Waals surface area contributed by atoms with Crippen LogP contribution in [0.5, 0.6) is 5.75 Å². The lowest BCUT2D eigenvalue weighted by Gasteiger charge is -2.03. The van der Waals surface area contributed by atoms with E-state index in [1.807, 2.05) is 50.4 Å². The van der Waals surface area contributed by atoms with Crippen LogP contribution in [-0.2, 0) is 18.3 Å². The van der Waals surface area contributed by atoms with Crippen LogP contribution in [0.2, 0.25) is 0 Å². The smallest absolute Gasteiger partial charge is 0.244 e. The molecule has 0 spiro atoms. The van der Waals surface area contributed by atoms with Gasteiger partial charge in [0.2, 0.25) is 5.91 Å². The molecule has 0 saturated carbocycles. The average molecular weight is 335 g/mol. The highest BCUT2D eigenvalue weighted by Crippen LogP contribution is 2.23. The summed E-state index contributed by atoms with van der Waals surface area (Å²) in [6.45, 7) is 2.04. The van der Waals surface area contributed by atoms with E-state index in [0.29, 0.717) is 0 Å². The van der Waals surface area contributed by atoms with Crippen molar-refractivity contribution in [1.82, 2.24) is 9.99 Å². The van der Waals surface area contributed by atoms with E-state index < -0.39 is 0 Å². The number of hydrogen-bond acceptors (Lipinski definition) is 3. The first-order valence-corrected chi connectivity index (χ1v) is 8.09. The van der Waals surface area contributed by atoms with Gasteiger partial charge in [0.05, 0.1) is 19.7 Å². The van der Waals surface area contributed by atoms with Gasteiger partial charge < -0.3 is 9.30 Å². The largest absolute Gasteiger partial charge is 0.497 e. The number of ether oxygens (including phenoxy) is 1. The van der Waals surface area contributed by atoms with Crippen molar-refractivity contribution in [3.8, 4) is 5.75 Å². The van der Waals surface area contributed by atoms with Gasteiger partial charge in [-0.2, -0.15) is 5.10 Å². The minimum Gasteiger partial charge on any atom is -0.497 e. The minimum atomic E-state index is -0.164. The van der Waals surface area contributed by atoms with Crippen LogP contribution in [0.25, 0.3) is 10.9 Å². The molecule has 5 heteroatoms. The second-order valence-electron chi connectivity index (χ2n) is 5.90. The molecule has 3 rings (SSSR count). The second-order valence-corrected chi connectivity index (χ2v) is 5.90. The van der Waals surface area contributed by atoms with E-state index in [1.54, 1.807) is 13.3 Å². The van der Waals surface area contributed by atoms with Gasteiger partial charge >= 0.3 is 0 Å². The van der Waals surface area contributed by atoms with E-state index in [4.69, 9.17) is 4.74 Å². The molecule has 0 aliphatic rings. The number of carbonyl (C=O) groups excluding carboxylic acids is 1. The number of aryl methyl sites for hydroxylation is 1. The Bertz CT molecular complexity index is 941. The number of nitrogens with zero attached hydrogens (tertiary/aromatic N) is 2. The summed E-state index contributed by atoms with van der Waals surface area (Å²) in [7, 11) is 3.63. The van der Waals surface area contributed by atoms with Crippen LogP contribution in [0.1, 0.15) is 16.8 Å². The number of hydrogen-bond donors (Lipinski definition) is 1. The van der Waals surface area contributed by atoms with Crippen LogP contribution >= 0.6 is 0 Å². The van der Waals surface area contributed by atoms with Gasteiger partial charge in [-0.1, -0.05) is 30.3 Å². The van der Waals surface area contributed by atoms with Crippen molar-refractivity contribution in [1.29, 1.82) is 0 Å². The van der Waals surface area contributed by atoms with Crippen LogP contribution in [0.4, 0.5) is 0 Å². The van der Waals surface area contributed by atoms with Gasteiger partial charge in [-0.25, -0.2) is 5.43 Å². The Labute approximate surface area is 146 Å². The number of amides is 1. The van der Waals surface area contributed by atoms with Crippen molar-refractivity contribution in [2.24, 2.45) is 12.1 Å². The molecule has 0 aliphatic heterocycles. The van der Waals surface area contributed by atoms with E-state index in [0.717, 1.165) is 33.5 Å². The third kappa shape index (κ3) is 3.55. The number of para-hydroxylation sites is 1. The molecule has 5 nitrogen and oxygen atoms in total. The van der Waals surface area contributed by atoms with Crippen LogP contribution in [-0.4, -0.2) is 23.8 Å². The first-order chi connectivity index (χ1) is 12.1. The third-order valence-corrected chi connectivity index (χ3v) is 4.33. The van der Waals surface area contributed by atoms with Crippen molar-refractivity contribution in [2.45, 2.75) is 13.3 Å². The lowest BCUT2D eigenvalue weighted by atomic mass is 10.1. The molecule has 2 aromatic carbocycles.